The Morgan fingerprint density at radius 2 is 1.59 bits per heavy atom. The van der Waals surface area contributed by atoms with E-state index < -0.39 is 0 Å². The van der Waals surface area contributed by atoms with Crippen LogP contribution in [0.2, 0.25) is 0 Å². The molecule has 0 amide bonds. The molecule has 3 aromatic rings. The SMILES string of the molecule is CC(NC(=S)NC1CCC(Nc2nc(N(C)C)c3ccccc3n2)CC1)c1ccccc1. The number of aromatic nitrogens is 2. The fourth-order valence-electron chi connectivity index (χ4n) is 4.28. The second-order valence-electron chi connectivity index (χ2n) is 8.73. The summed E-state index contributed by atoms with van der Waals surface area (Å²) in [5.74, 6) is 1.65. The van der Waals surface area contributed by atoms with Crippen LogP contribution in [0.3, 0.4) is 0 Å². The van der Waals surface area contributed by atoms with Crippen LogP contribution in [0.15, 0.2) is 54.6 Å². The van der Waals surface area contributed by atoms with Gasteiger partial charge in [-0.1, -0.05) is 42.5 Å². The lowest BCUT2D eigenvalue weighted by Gasteiger charge is -2.31. The van der Waals surface area contributed by atoms with Crippen molar-refractivity contribution in [2.24, 2.45) is 0 Å². The van der Waals surface area contributed by atoms with Gasteiger partial charge >= 0.3 is 0 Å². The lowest BCUT2D eigenvalue weighted by atomic mass is 9.91. The second kappa shape index (κ2) is 10.1. The van der Waals surface area contributed by atoms with Gasteiger partial charge in [0.2, 0.25) is 5.95 Å². The third kappa shape index (κ3) is 5.46. The minimum atomic E-state index is 0.185. The molecule has 1 heterocycles. The fraction of sp³-hybridized carbons (Fsp3) is 0.400. The Hall–Kier alpha value is -2.93. The molecular weight excluding hydrogens is 416 g/mol. The third-order valence-corrected chi connectivity index (χ3v) is 6.29. The smallest absolute Gasteiger partial charge is 0.225 e. The van der Waals surface area contributed by atoms with Crippen LogP contribution >= 0.6 is 12.2 Å². The zero-order chi connectivity index (χ0) is 22.5. The minimum Gasteiger partial charge on any atom is -0.362 e. The number of benzene rings is 2. The van der Waals surface area contributed by atoms with Crippen molar-refractivity contribution in [1.29, 1.82) is 0 Å². The van der Waals surface area contributed by atoms with Crippen LogP contribution in [0.4, 0.5) is 11.8 Å². The summed E-state index contributed by atoms with van der Waals surface area (Å²) in [6.07, 6.45) is 4.24. The molecule has 1 atom stereocenters. The number of hydrogen-bond acceptors (Lipinski definition) is 5. The standard InChI is InChI=1S/C25H32N6S/c1-17(18-9-5-4-6-10-18)26-25(32)28-20-15-13-19(14-16-20)27-24-29-22-12-8-7-11-21(22)23(30-24)31(2)3/h4-12,17,19-20H,13-16H2,1-3H3,(H2,26,28,32)(H,27,29,30). The molecule has 0 bridgehead atoms. The summed E-state index contributed by atoms with van der Waals surface area (Å²) in [5, 5.41) is 12.3. The van der Waals surface area contributed by atoms with E-state index in [1.54, 1.807) is 0 Å². The first kappa shape index (κ1) is 22.3. The molecular formula is C25H32N6S. The van der Waals surface area contributed by atoms with E-state index in [4.69, 9.17) is 22.2 Å². The van der Waals surface area contributed by atoms with Crippen molar-refractivity contribution in [1.82, 2.24) is 20.6 Å². The van der Waals surface area contributed by atoms with E-state index in [9.17, 15) is 0 Å². The van der Waals surface area contributed by atoms with Gasteiger partial charge in [-0.2, -0.15) is 4.98 Å². The van der Waals surface area contributed by atoms with Crippen molar-refractivity contribution in [3.05, 3.63) is 60.2 Å². The largest absolute Gasteiger partial charge is 0.362 e. The summed E-state index contributed by atoms with van der Waals surface area (Å²) in [6, 6.07) is 19.5. The van der Waals surface area contributed by atoms with Gasteiger partial charge < -0.3 is 20.9 Å². The molecule has 1 unspecified atom stereocenters. The number of rotatable bonds is 6. The molecule has 1 aliphatic carbocycles. The van der Waals surface area contributed by atoms with Crippen LogP contribution in [0.5, 0.6) is 0 Å². The maximum absolute atomic E-state index is 5.57. The van der Waals surface area contributed by atoms with Crippen molar-refractivity contribution in [3.8, 4) is 0 Å². The molecule has 168 valence electrons. The van der Waals surface area contributed by atoms with E-state index >= 15 is 0 Å². The molecule has 4 rings (SSSR count). The number of fused-ring (bicyclic) bond motifs is 1. The maximum atomic E-state index is 5.57. The zero-order valence-corrected chi connectivity index (χ0v) is 19.8. The molecule has 0 radical (unpaired) electrons. The molecule has 6 nitrogen and oxygen atoms in total. The lowest BCUT2D eigenvalue weighted by Crippen LogP contribution is -2.45. The van der Waals surface area contributed by atoms with Crippen molar-refractivity contribution < 1.29 is 0 Å². The predicted octanol–water partition coefficient (Wildman–Crippen LogP) is 4.64. The molecule has 2 aromatic carbocycles. The molecule has 0 saturated heterocycles. The zero-order valence-electron chi connectivity index (χ0n) is 19.0. The predicted molar refractivity (Wildman–Crippen MR) is 137 cm³/mol. The van der Waals surface area contributed by atoms with Crippen molar-refractivity contribution in [3.63, 3.8) is 0 Å². The van der Waals surface area contributed by atoms with E-state index in [1.165, 1.54) is 5.56 Å². The Bertz CT molecular complexity index is 1050. The van der Waals surface area contributed by atoms with Crippen LogP contribution in [0.25, 0.3) is 10.9 Å². The van der Waals surface area contributed by atoms with Gasteiger partial charge in [-0.25, -0.2) is 4.98 Å². The van der Waals surface area contributed by atoms with E-state index in [2.05, 4.69) is 53.2 Å². The van der Waals surface area contributed by atoms with E-state index in [0.29, 0.717) is 18.0 Å². The van der Waals surface area contributed by atoms with Crippen molar-refractivity contribution in [2.45, 2.75) is 50.7 Å². The number of nitrogens with zero attached hydrogens (tertiary/aromatic N) is 3. The maximum Gasteiger partial charge on any atom is 0.225 e. The fourth-order valence-corrected chi connectivity index (χ4v) is 4.62. The monoisotopic (exact) mass is 448 g/mol. The Morgan fingerprint density at radius 3 is 2.31 bits per heavy atom. The van der Waals surface area contributed by atoms with Crippen molar-refractivity contribution >= 4 is 40.0 Å². The minimum absolute atomic E-state index is 0.185. The van der Waals surface area contributed by atoms with E-state index in [1.807, 2.05) is 43.3 Å². The number of thiocarbonyl (C=S) groups is 1. The summed E-state index contributed by atoms with van der Waals surface area (Å²) in [5.41, 5.74) is 2.20. The molecule has 1 saturated carbocycles. The number of hydrogen-bond donors (Lipinski definition) is 3. The highest BCUT2D eigenvalue weighted by atomic mass is 32.1. The van der Waals surface area contributed by atoms with Gasteiger partial charge in [0.15, 0.2) is 5.11 Å². The van der Waals surface area contributed by atoms with E-state index in [-0.39, 0.29) is 6.04 Å². The quantitative estimate of drug-likeness (QED) is 0.475. The summed E-state index contributed by atoms with van der Waals surface area (Å²) in [7, 11) is 4.04. The van der Waals surface area contributed by atoms with E-state index in [0.717, 1.165) is 47.5 Å². The van der Waals surface area contributed by atoms with Gasteiger partial charge in [0, 0.05) is 31.6 Å². The average Bonchev–Trinajstić information content (AvgIpc) is 2.80. The molecule has 1 fully saturated rings. The number of anilines is 2. The Kier molecular flexibility index (Phi) is 7.05. The van der Waals surface area contributed by atoms with Crippen LogP contribution < -0.4 is 20.9 Å². The lowest BCUT2D eigenvalue weighted by molar-refractivity contribution is 0.384. The second-order valence-corrected chi connectivity index (χ2v) is 9.13. The van der Waals surface area contributed by atoms with Gasteiger partial charge in [-0.3, -0.25) is 0 Å². The highest BCUT2D eigenvalue weighted by Gasteiger charge is 2.23. The van der Waals surface area contributed by atoms with Crippen molar-refractivity contribution in [2.75, 3.05) is 24.3 Å². The summed E-state index contributed by atoms with van der Waals surface area (Å²) in [4.78, 5) is 11.6. The van der Waals surface area contributed by atoms with Gasteiger partial charge in [-0.05, 0) is 62.5 Å². The molecule has 1 aliphatic rings. The van der Waals surface area contributed by atoms with Crippen LogP contribution in [-0.2, 0) is 0 Å². The highest BCUT2D eigenvalue weighted by molar-refractivity contribution is 7.80. The molecule has 3 N–H and O–H groups in total. The summed E-state index contributed by atoms with van der Waals surface area (Å²) < 4.78 is 0. The highest BCUT2D eigenvalue weighted by Crippen LogP contribution is 2.26. The van der Waals surface area contributed by atoms with Crippen LogP contribution in [0, 0.1) is 0 Å². The molecule has 32 heavy (non-hydrogen) atoms. The topological polar surface area (TPSA) is 65.1 Å². The molecule has 0 aliphatic heterocycles. The number of para-hydroxylation sites is 1. The first-order chi connectivity index (χ1) is 15.5. The molecule has 1 aromatic heterocycles. The van der Waals surface area contributed by atoms with Crippen LogP contribution in [0.1, 0.15) is 44.2 Å². The first-order valence-electron chi connectivity index (χ1n) is 11.3. The Morgan fingerprint density at radius 1 is 0.938 bits per heavy atom. The summed E-state index contributed by atoms with van der Waals surface area (Å²) >= 11 is 5.57. The number of nitrogens with one attached hydrogen (secondary N) is 3. The van der Waals surface area contributed by atoms with Crippen LogP contribution in [-0.4, -0.2) is 41.3 Å². The average molecular weight is 449 g/mol. The summed E-state index contributed by atoms with van der Waals surface area (Å²) in [6.45, 7) is 2.13. The normalized spacial score (nSPS) is 19.2. The Balaban J connectivity index is 1.30. The first-order valence-corrected chi connectivity index (χ1v) is 11.7. The molecule has 7 heteroatoms. The van der Waals surface area contributed by atoms with Gasteiger partial charge in [0.05, 0.1) is 11.6 Å². The Labute approximate surface area is 195 Å². The van der Waals surface area contributed by atoms with Gasteiger partial charge in [0.1, 0.15) is 5.82 Å². The molecule has 0 spiro atoms. The van der Waals surface area contributed by atoms with Gasteiger partial charge in [0.25, 0.3) is 0 Å². The third-order valence-electron chi connectivity index (χ3n) is 6.05. The van der Waals surface area contributed by atoms with Gasteiger partial charge in [-0.15, -0.1) is 0 Å².